The van der Waals surface area contributed by atoms with Gasteiger partial charge in [-0.05, 0) is 6.07 Å². The van der Waals surface area contributed by atoms with Gasteiger partial charge in [0.25, 0.3) is 0 Å². The van der Waals surface area contributed by atoms with Crippen molar-refractivity contribution in [1.29, 1.82) is 0 Å². The van der Waals surface area contributed by atoms with E-state index in [1.54, 1.807) is 0 Å². The number of hydrogen-bond donors (Lipinski definition) is 0. The number of fused-ring (bicyclic) bond motifs is 1. The van der Waals surface area contributed by atoms with Crippen LogP contribution in [0.3, 0.4) is 0 Å². The molecule has 0 unspecified atom stereocenters. The van der Waals surface area contributed by atoms with E-state index in [4.69, 9.17) is 4.74 Å². The highest BCUT2D eigenvalue weighted by atomic mass is 32.1. The SMILES string of the molecule is O=[N+]([O-])c1ccc(OCc2cn3ccsc3n2)cc1F. The van der Waals surface area contributed by atoms with Crippen LogP contribution < -0.4 is 4.74 Å². The quantitative estimate of drug-likeness (QED) is 0.547. The molecule has 1 aromatic carbocycles. The lowest BCUT2D eigenvalue weighted by molar-refractivity contribution is -0.387. The molecule has 0 bridgehead atoms. The lowest BCUT2D eigenvalue weighted by Gasteiger charge is -2.04. The zero-order chi connectivity index (χ0) is 14.1. The Kier molecular flexibility index (Phi) is 3.07. The van der Waals surface area contributed by atoms with Gasteiger partial charge in [0.1, 0.15) is 12.4 Å². The number of thiazole rings is 1. The molecule has 0 aliphatic heterocycles. The van der Waals surface area contributed by atoms with E-state index < -0.39 is 16.4 Å². The van der Waals surface area contributed by atoms with E-state index in [0.29, 0.717) is 5.69 Å². The summed E-state index contributed by atoms with van der Waals surface area (Å²) >= 11 is 1.50. The van der Waals surface area contributed by atoms with Crippen molar-refractivity contribution < 1.29 is 14.1 Å². The first-order valence-corrected chi connectivity index (χ1v) is 6.49. The van der Waals surface area contributed by atoms with Crippen LogP contribution in [0.15, 0.2) is 36.0 Å². The van der Waals surface area contributed by atoms with Crippen molar-refractivity contribution in [3.63, 3.8) is 0 Å². The molecule has 3 aromatic rings. The third-order valence-electron chi connectivity index (χ3n) is 2.65. The molecule has 2 aromatic heterocycles. The van der Waals surface area contributed by atoms with E-state index in [9.17, 15) is 14.5 Å². The lowest BCUT2D eigenvalue weighted by atomic mass is 10.3. The molecule has 0 aliphatic carbocycles. The maximum absolute atomic E-state index is 13.4. The van der Waals surface area contributed by atoms with Gasteiger partial charge in [-0.3, -0.25) is 14.5 Å². The van der Waals surface area contributed by atoms with Gasteiger partial charge >= 0.3 is 5.69 Å². The highest BCUT2D eigenvalue weighted by Crippen LogP contribution is 2.23. The summed E-state index contributed by atoms with van der Waals surface area (Å²) in [5, 5.41) is 12.4. The fourth-order valence-corrected chi connectivity index (χ4v) is 2.45. The summed E-state index contributed by atoms with van der Waals surface area (Å²) in [4.78, 5) is 14.9. The lowest BCUT2D eigenvalue weighted by Crippen LogP contribution is -1.98. The van der Waals surface area contributed by atoms with Crippen molar-refractivity contribution in [2.75, 3.05) is 0 Å². The van der Waals surface area contributed by atoms with Gasteiger partial charge in [-0.15, -0.1) is 11.3 Å². The number of ether oxygens (including phenoxy) is 1. The van der Waals surface area contributed by atoms with Crippen LogP contribution in [0.1, 0.15) is 5.69 Å². The van der Waals surface area contributed by atoms with E-state index in [2.05, 4.69) is 4.98 Å². The van der Waals surface area contributed by atoms with E-state index in [1.165, 1.54) is 17.4 Å². The first-order chi connectivity index (χ1) is 9.63. The van der Waals surface area contributed by atoms with E-state index in [-0.39, 0.29) is 12.4 Å². The summed E-state index contributed by atoms with van der Waals surface area (Å²) in [6, 6.07) is 3.44. The van der Waals surface area contributed by atoms with Crippen LogP contribution in [0.25, 0.3) is 4.96 Å². The summed E-state index contributed by atoms with van der Waals surface area (Å²) in [6.07, 6.45) is 3.69. The second kappa shape index (κ2) is 4.89. The zero-order valence-electron chi connectivity index (χ0n) is 10.0. The summed E-state index contributed by atoms with van der Waals surface area (Å²) < 4.78 is 20.6. The average Bonchev–Trinajstić information content (AvgIpc) is 2.96. The number of nitro benzene ring substituents is 1. The molecule has 6 nitrogen and oxygen atoms in total. The summed E-state index contributed by atoms with van der Waals surface area (Å²) in [7, 11) is 0. The molecular weight excluding hydrogens is 285 g/mol. The van der Waals surface area contributed by atoms with Gasteiger partial charge in [0.15, 0.2) is 4.96 Å². The van der Waals surface area contributed by atoms with E-state index >= 15 is 0 Å². The van der Waals surface area contributed by atoms with Gasteiger partial charge in [0, 0.05) is 29.9 Å². The number of rotatable bonds is 4. The zero-order valence-corrected chi connectivity index (χ0v) is 10.8. The Morgan fingerprint density at radius 2 is 2.35 bits per heavy atom. The fourth-order valence-electron chi connectivity index (χ4n) is 1.73. The summed E-state index contributed by atoms with van der Waals surface area (Å²) in [5.74, 6) is -0.692. The number of imidazole rings is 1. The summed E-state index contributed by atoms with van der Waals surface area (Å²) in [6.45, 7) is 0.172. The van der Waals surface area contributed by atoms with Gasteiger partial charge in [0.05, 0.1) is 10.6 Å². The second-order valence-corrected chi connectivity index (χ2v) is 4.86. The van der Waals surface area contributed by atoms with Crippen LogP contribution in [-0.2, 0) is 6.61 Å². The predicted octanol–water partition coefficient (Wildman–Crippen LogP) is 3.02. The highest BCUT2D eigenvalue weighted by molar-refractivity contribution is 7.15. The monoisotopic (exact) mass is 293 g/mol. The third kappa shape index (κ3) is 2.32. The molecule has 0 spiro atoms. The Labute approximate surface area is 116 Å². The molecule has 0 N–H and O–H groups in total. The summed E-state index contributed by atoms with van der Waals surface area (Å²) in [5.41, 5.74) is 0.135. The molecule has 102 valence electrons. The number of benzene rings is 1. The minimum atomic E-state index is -0.918. The van der Waals surface area contributed by atoms with Gasteiger partial charge in [0.2, 0.25) is 5.82 Å². The topological polar surface area (TPSA) is 69.7 Å². The minimum absolute atomic E-state index is 0.172. The van der Waals surface area contributed by atoms with Gasteiger partial charge in [-0.1, -0.05) is 0 Å². The van der Waals surface area contributed by atoms with Crippen LogP contribution >= 0.6 is 11.3 Å². The molecule has 0 saturated carbocycles. The number of aromatic nitrogens is 2. The predicted molar refractivity (Wildman–Crippen MR) is 70.5 cm³/mol. The molecule has 8 heteroatoms. The number of hydrogen-bond acceptors (Lipinski definition) is 5. The van der Waals surface area contributed by atoms with Crippen molar-refractivity contribution in [3.8, 4) is 5.75 Å². The largest absolute Gasteiger partial charge is 0.487 e. The van der Waals surface area contributed by atoms with Crippen LogP contribution in [-0.4, -0.2) is 14.3 Å². The van der Waals surface area contributed by atoms with Crippen molar-refractivity contribution in [2.24, 2.45) is 0 Å². The van der Waals surface area contributed by atoms with Crippen molar-refractivity contribution in [1.82, 2.24) is 9.38 Å². The van der Waals surface area contributed by atoms with E-state index in [0.717, 1.165) is 17.1 Å². The molecule has 0 atom stereocenters. The molecule has 3 rings (SSSR count). The Bertz CT molecular complexity index is 755. The molecular formula is C12H8FN3O3S. The molecule has 20 heavy (non-hydrogen) atoms. The Balaban J connectivity index is 1.73. The molecule has 0 saturated heterocycles. The van der Waals surface area contributed by atoms with Gasteiger partial charge < -0.3 is 4.74 Å². The number of nitrogens with zero attached hydrogens (tertiary/aromatic N) is 3. The van der Waals surface area contributed by atoms with Crippen LogP contribution in [0, 0.1) is 15.9 Å². The standard InChI is InChI=1S/C12H8FN3O3S/c13-10-5-9(1-2-11(10)16(17)18)19-7-8-6-15-3-4-20-12(15)14-8/h1-6H,7H2. The van der Waals surface area contributed by atoms with E-state index in [1.807, 2.05) is 22.2 Å². The highest BCUT2D eigenvalue weighted by Gasteiger charge is 2.14. The average molecular weight is 293 g/mol. The molecule has 0 amide bonds. The normalized spacial score (nSPS) is 10.8. The third-order valence-corrected chi connectivity index (χ3v) is 3.42. The number of nitro groups is 1. The maximum Gasteiger partial charge on any atom is 0.305 e. The second-order valence-electron chi connectivity index (χ2n) is 3.98. The van der Waals surface area contributed by atoms with Crippen LogP contribution in [0.2, 0.25) is 0 Å². The van der Waals surface area contributed by atoms with Crippen molar-refractivity contribution >= 4 is 22.0 Å². The number of halogens is 1. The van der Waals surface area contributed by atoms with Crippen molar-refractivity contribution in [2.45, 2.75) is 6.61 Å². The fraction of sp³-hybridized carbons (Fsp3) is 0.0833. The van der Waals surface area contributed by atoms with Crippen molar-refractivity contribution in [3.05, 3.63) is 57.6 Å². The van der Waals surface area contributed by atoms with Gasteiger partial charge in [-0.2, -0.15) is 4.39 Å². The molecule has 0 radical (unpaired) electrons. The minimum Gasteiger partial charge on any atom is -0.487 e. The Morgan fingerprint density at radius 1 is 1.50 bits per heavy atom. The first-order valence-electron chi connectivity index (χ1n) is 5.61. The Morgan fingerprint density at radius 3 is 3.05 bits per heavy atom. The maximum atomic E-state index is 13.4. The molecule has 0 fully saturated rings. The first kappa shape index (κ1) is 12.5. The Hall–Kier alpha value is -2.48. The van der Waals surface area contributed by atoms with Crippen LogP contribution in [0.5, 0.6) is 5.75 Å². The smallest absolute Gasteiger partial charge is 0.305 e. The van der Waals surface area contributed by atoms with Gasteiger partial charge in [-0.25, -0.2) is 4.98 Å². The molecule has 2 heterocycles. The van der Waals surface area contributed by atoms with Crippen LogP contribution in [0.4, 0.5) is 10.1 Å². The molecule has 0 aliphatic rings.